The molecule has 2 atom stereocenters. The number of hydrogen-bond donors (Lipinski definition) is 2. The van der Waals surface area contributed by atoms with Crippen molar-refractivity contribution in [1.29, 1.82) is 0 Å². The molecule has 1 heterocycles. The van der Waals surface area contributed by atoms with Gasteiger partial charge in [-0.15, -0.1) is 0 Å². The Balaban J connectivity index is 2.46. The van der Waals surface area contributed by atoms with E-state index < -0.39 is 5.60 Å². The fraction of sp³-hybridized carbons (Fsp3) is 0.941. The van der Waals surface area contributed by atoms with Gasteiger partial charge in [0.05, 0.1) is 6.61 Å². The van der Waals surface area contributed by atoms with Crippen LogP contribution in [0.4, 0.5) is 4.79 Å². The first-order chi connectivity index (χ1) is 10.2. The van der Waals surface area contributed by atoms with Gasteiger partial charge in [0, 0.05) is 25.2 Å². The number of rotatable bonds is 5. The van der Waals surface area contributed by atoms with Crippen molar-refractivity contribution in [2.24, 2.45) is 5.92 Å². The summed E-state index contributed by atoms with van der Waals surface area (Å²) in [4.78, 5) is 13.9. The van der Waals surface area contributed by atoms with Crippen molar-refractivity contribution in [3.63, 3.8) is 0 Å². The van der Waals surface area contributed by atoms with Crippen molar-refractivity contribution in [1.82, 2.24) is 10.2 Å². The lowest BCUT2D eigenvalue weighted by atomic mass is 10.0. The van der Waals surface area contributed by atoms with Crippen LogP contribution >= 0.6 is 0 Å². The number of nitrogens with zero attached hydrogens (tertiary/aromatic N) is 1. The van der Waals surface area contributed by atoms with Crippen molar-refractivity contribution in [3.05, 3.63) is 0 Å². The standard InChI is InChI=1S/C17H34N2O3/c1-13(2)11-15(12-20)18-14-7-6-9-19(10-8-14)16(21)22-17(3,4)5/h13-15,18,20H,6-12H2,1-5H3. The maximum absolute atomic E-state index is 12.1. The molecule has 1 aliphatic heterocycles. The second-order valence-corrected chi connectivity index (χ2v) is 7.77. The highest BCUT2D eigenvalue weighted by Gasteiger charge is 2.26. The van der Waals surface area contributed by atoms with Gasteiger partial charge in [-0.25, -0.2) is 4.79 Å². The van der Waals surface area contributed by atoms with Crippen LogP contribution < -0.4 is 5.32 Å². The molecule has 1 fully saturated rings. The molecule has 0 saturated carbocycles. The number of aliphatic hydroxyl groups excluding tert-OH is 1. The minimum absolute atomic E-state index is 0.151. The molecule has 1 saturated heterocycles. The molecule has 1 aliphatic rings. The van der Waals surface area contributed by atoms with Crippen LogP contribution in [-0.2, 0) is 4.74 Å². The lowest BCUT2D eigenvalue weighted by Gasteiger charge is -2.27. The third-order valence-corrected chi connectivity index (χ3v) is 3.83. The first-order valence-corrected chi connectivity index (χ1v) is 8.56. The average molecular weight is 314 g/mol. The summed E-state index contributed by atoms with van der Waals surface area (Å²) in [5.74, 6) is 0.564. The summed E-state index contributed by atoms with van der Waals surface area (Å²) in [6, 6.07) is 0.515. The molecule has 130 valence electrons. The van der Waals surface area contributed by atoms with E-state index in [-0.39, 0.29) is 18.7 Å². The first kappa shape index (κ1) is 19.2. The predicted molar refractivity (Wildman–Crippen MR) is 88.9 cm³/mol. The van der Waals surface area contributed by atoms with Crippen LogP contribution in [-0.4, -0.2) is 53.5 Å². The molecular formula is C17H34N2O3. The highest BCUT2D eigenvalue weighted by molar-refractivity contribution is 5.68. The number of nitrogens with one attached hydrogen (secondary N) is 1. The van der Waals surface area contributed by atoms with E-state index in [1.54, 1.807) is 0 Å². The van der Waals surface area contributed by atoms with Gasteiger partial charge >= 0.3 is 6.09 Å². The maximum atomic E-state index is 12.1. The van der Waals surface area contributed by atoms with Gasteiger partial charge in [-0.1, -0.05) is 13.8 Å². The van der Waals surface area contributed by atoms with Gasteiger partial charge in [0.1, 0.15) is 5.60 Å². The van der Waals surface area contributed by atoms with Crippen LogP contribution in [0.1, 0.15) is 60.3 Å². The molecule has 0 spiro atoms. The third-order valence-electron chi connectivity index (χ3n) is 3.83. The molecule has 0 aliphatic carbocycles. The zero-order chi connectivity index (χ0) is 16.8. The molecule has 0 bridgehead atoms. The van der Waals surface area contributed by atoms with Gasteiger partial charge in [0.25, 0.3) is 0 Å². The zero-order valence-electron chi connectivity index (χ0n) is 14.9. The quantitative estimate of drug-likeness (QED) is 0.819. The van der Waals surface area contributed by atoms with Crippen molar-refractivity contribution in [2.45, 2.75) is 78.0 Å². The van der Waals surface area contributed by atoms with Gasteiger partial charge in [0.2, 0.25) is 0 Å². The van der Waals surface area contributed by atoms with Crippen molar-refractivity contribution < 1.29 is 14.6 Å². The number of hydrogen-bond acceptors (Lipinski definition) is 4. The highest BCUT2D eigenvalue weighted by Crippen LogP contribution is 2.16. The monoisotopic (exact) mass is 314 g/mol. The zero-order valence-corrected chi connectivity index (χ0v) is 14.9. The first-order valence-electron chi connectivity index (χ1n) is 8.56. The summed E-state index contributed by atoms with van der Waals surface area (Å²) in [5.41, 5.74) is -0.444. The van der Waals surface area contributed by atoms with Gasteiger partial charge in [-0.2, -0.15) is 0 Å². The molecule has 2 unspecified atom stereocenters. The van der Waals surface area contributed by atoms with Gasteiger partial charge in [0.15, 0.2) is 0 Å². The van der Waals surface area contributed by atoms with Crippen LogP contribution in [0.5, 0.6) is 0 Å². The van der Waals surface area contributed by atoms with Crippen LogP contribution in [0.3, 0.4) is 0 Å². The Hall–Kier alpha value is -0.810. The molecule has 22 heavy (non-hydrogen) atoms. The summed E-state index contributed by atoms with van der Waals surface area (Å²) in [6.07, 6.45) is 3.68. The van der Waals surface area contributed by atoms with Gasteiger partial charge < -0.3 is 20.1 Å². The Kier molecular flexibility index (Phi) is 7.63. The van der Waals surface area contributed by atoms with Crippen molar-refractivity contribution in [3.8, 4) is 0 Å². The SMILES string of the molecule is CC(C)CC(CO)NC1CCCN(C(=O)OC(C)(C)C)CC1. The number of aliphatic hydroxyl groups is 1. The Bertz CT molecular complexity index is 339. The lowest BCUT2D eigenvalue weighted by molar-refractivity contribution is 0.0255. The summed E-state index contributed by atoms with van der Waals surface area (Å²) >= 11 is 0. The number of amides is 1. The number of carbonyl (C=O) groups is 1. The number of ether oxygens (including phenoxy) is 1. The molecular weight excluding hydrogens is 280 g/mol. The Morgan fingerprint density at radius 1 is 1.32 bits per heavy atom. The van der Waals surface area contributed by atoms with Gasteiger partial charge in [-0.3, -0.25) is 0 Å². The Morgan fingerprint density at radius 3 is 2.55 bits per heavy atom. The predicted octanol–water partition coefficient (Wildman–Crippen LogP) is 2.77. The molecule has 5 nitrogen and oxygen atoms in total. The smallest absolute Gasteiger partial charge is 0.410 e. The summed E-state index contributed by atoms with van der Waals surface area (Å²) in [7, 11) is 0. The molecule has 2 N–H and O–H groups in total. The summed E-state index contributed by atoms with van der Waals surface area (Å²) in [5, 5.41) is 13.1. The number of likely N-dealkylation sites (tertiary alicyclic amines) is 1. The molecule has 5 heteroatoms. The Morgan fingerprint density at radius 2 is 2.00 bits per heavy atom. The minimum atomic E-state index is -0.444. The molecule has 1 amide bonds. The van der Waals surface area contributed by atoms with Crippen molar-refractivity contribution in [2.75, 3.05) is 19.7 Å². The van der Waals surface area contributed by atoms with Crippen molar-refractivity contribution >= 4 is 6.09 Å². The van der Waals surface area contributed by atoms with Crippen LogP contribution in [0.25, 0.3) is 0 Å². The molecule has 0 aromatic rings. The van der Waals surface area contributed by atoms with E-state index >= 15 is 0 Å². The van der Waals surface area contributed by atoms with E-state index in [1.807, 2.05) is 25.7 Å². The van der Waals surface area contributed by atoms with E-state index in [4.69, 9.17) is 4.74 Å². The molecule has 0 aromatic carbocycles. The number of carbonyl (C=O) groups excluding carboxylic acids is 1. The van der Waals surface area contributed by atoms with E-state index in [0.717, 1.165) is 32.2 Å². The lowest BCUT2D eigenvalue weighted by Crippen LogP contribution is -2.42. The van der Waals surface area contributed by atoms with Gasteiger partial charge in [-0.05, 0) is 52.4 Å². The largest absolute Gasteiger partial charge is 0.444 e. The van der Waals surface area contributed by atoms with E-state index in [2.05, 4.69) is 19.2 Å². The molecule has 0 radical (unpaired) electrons. The van der Waals surface area contributed by atoms with Crippen LogP contribution in [0.2, 0.25) is 0 Å². The van der Waals surface area contributed by atoms with E-state index in [0.29, 0.717) is 18.5 Å². The van der Waals surface area contributed by atoms with E-state index in [9.17, 15) is 9.90 Å². The topological polar surface area (TPSA) is 61.8 Å². The van der Waals surface area contributed by atoms with E-state index in [1.165, 1.54) is 0 Å². The average Bonchev–Trinajstić information content (AvgIpc) is 2.61. The fourth-order valence-electron chi connectivity index (χ4n) is 2.87. The third kappa shape index (κ3) is 7.45. The molecule has 1 rings (SSSR count). The maximum Gasteiger partial charge on any atom is 0.410 e. The molecule has 0 aromatic heterocycles. The summed E-state index contributed by atoms with van der Waals surface area (Å²) < 4.78 is 5.45. The second-order valence-electron chi connectivity index (χ2n) is 7.77. The van der Waals surface area contributed by atoms with Crippen LogP contribution in [0.15, 0.2) is 0 Å². The second kappa shape index (κ2) is 8.73. The van der Waals surface area contributed by atoms with Crippen LogP contribution in [0, 0.1) is 5.92 Å². The fourth-order valence-corrected chi connectivity index (χ4v) is 2.87. The Labute approximate surface area is 135 Å². The summed E-state index contributed by atoms with van der Waals surface area (Å²) in [6.45, 7) is 11.7. The highest BCUT2D eigenvalue weighted by atomic mass is 16.6. The minimum Gasteiger partial charge on any atom is -0.444 e. The normalized spacial score (nSPS) is 21.6.